The summed E-state index contributed by atoms with van der Waals surface area (Å²) in [4.78, 5) is 32.1. The Balaban J connectivity index is 1.29. The highest BCUT2D eigenvalue weighted by molar-refractivity contribution is 7.09. The van der Waals surface area contributed by atoms with Gasteiger partial charge in [-0.25, -0.2) is 4.98 Å². The van der Waals surface area contributed by atoms with Crippen LogP contribution in [0.4, 0.5) is 5.69 Å². The van der Waals surface area contributed by atoms with E-state index in [9.17, 15) is 14.7 Å². The summed E-state index contributed by atoms with van der Waals surface area (Å²) in [5.74, 6) is 0.713. The van der Waals surface area contributed by atoms with Gasteiger partial charge in [0.25, 0.3) is 5.91 Å². The predicted octanol–water partition coefficient (Wildman–Crippen LogP) is 2.89. The van der Waals surface area contributed by atoms with Gasteiger partial charge < -0.3 is 29.5 Å². The van der Waals surface area contributed by atoms with Gasteiger partial charge in [-0.2, -0.15) is 0 Å². The molecule has 1 saturated heterocycles. The molecule has 176 valence electrons. The molecule has 2 N–H and O–H groups in total. The lowest BCUT2D eigenvalue weighted by Gasteiger charge is -2.40. The molecule has 0 unspecified atom stereocenters. The molecule has 0 spiro atoms. The van der Waals surface area contributed by atoms with Crippen molar-refractivity contribution in [3.63, 3.8) is 0 Å². The monoisotopic (exact) mass is 481 g/mol. The molecule has 0 aliphatic carbocycles. The Bertz CT molecular complexity index is 1210. The van der Waals surface area contributed by atoms with E-state index in [4.69, 9.17) is 14.2 Å². The van der Waals surface area contributed by atoms with Gasteiger partial charge in [-0.05, 0) is 42.8 Å². The van der Waals surface area contributed by atoms with Crippen LogP contribution in [-0.2, 0) is 16.1 Å². The van der Waals surface area contributed by atoms with Crippen molar-refractivity contribution in [2.24, 2.45) is 0 Å². The molecule has 2 aliphatic heterocycles. The van der Waals surface area contributed by atoms with E-state index < -0.39 is 12.1 Å². The first kappa shape index (κ1) is 22.3. The number of anilines is 1. The standard InChI is InChI=1S/C24H23N3O6S/c1-14-21(34-12-25-14)9-27-18(10-28)23(31-11-22(27)29)15-2-5-17(6-3-15)26-24(30)16-4-7-19-20(8-16)33-13-32-19/h2-8,12,18,23,28H,9-11,13H2,1H3,(H,26,30)/t18-,23-/m1/s1. The molecule has 2 aliphatic rings. The van der Waals surface area contributed by atoms with Crippen molar-refractivity contribution in [3.05, 3.63) is 69.7 Å². The zero-order chi connectivity index (χ0) is 23.7. The first-order valence-electron chi connectivity index (χ1n) is 10.8. The van der Waals surface area contributed by atoms with Crippen molar-refractivity contribution in [2.45, 2.75) is 25.6 Å². The van der Waals surface area contributed by atoms with Gasteiger partial charge in [0.05, 0.1) is 30.4 Å². The minimum atomic E-state index is -0.531. The van der Waals surface area contributed by atoms with E-state index in [1.165, 1.54) is 11.3 Å². The summed E-state index contributed by atoms with van der Waals surface area (Å²) in [7, 11) is 0. The third kappa shape index (κ3) is 4.35. The topological polar surface area (TPSA) is 110 Å². The summed E-state index contributed by atoms with van der Waals surface area (Å²) in [5.41, 5.74) is 4.49. The Morgan fingerprint density at radius 2 is 2.00 bits per heavy atom. The average Bonchev–Trinajstić information content (AvgIpc) is 3.49. The summed E-state index contributed by atoms with van der Waals surface area (Å²) in [6.45, 7) is 2.12. The molecule has 34 heavy (non-hydrogen) atoms. The van der Waals surface area contributed by atoms with Crippen LogP contribution >= 0.6 is 11.3 Å². The maximum Gasteiger partial charge on any atom is 0.255 e. The van der Waals surface area contributed by atoms with Crippen LogP contribution in [0.1, 0.15) is 32.6 Å². The highest BCUT2D eigenvalue weighted by atomic mass is 32.1. The van der Waals surface area contributed by atoms with Crippen molar-refractivity contribution in [3.8, 4) is 11.5 Å². The minimum Gasteiger partial charge on any atom is -0.454 e. The number of aliphatic hydroxyl groups is 1. The maximum absolute atomic E-state index is 12.6. The van der Waals surface area contributed by atoms with Crippen molar-refractivity contribution in [1.82, 2.24) is 9.88 Å². The lowest BCUT2D eigenvalue weighted by Crippen LogP contribution is -2.52. The second kappa shape index (κ2) is 9.41. The van der Waals surface area contributed by atoms with Crippen LogP contribution in [0.25, 0.3) is 0 Å². The molecule has 3 heterocycles. The Labute approximate surface area is 199 Å². The fourth-order valence-electron chi connectivity index (χ4n) is 4.05. The number of rotatable bonds is 6. The molecule has 2 aromatic carbocycles. The number of ether oxygens (including phenoxy) is 3. The van der Waals surface area contributed by atoms with E-state index in [1.807, 2.05) is 19.1 Å². The fraction of sp³-hybridized carbons (Fsp3) is 0.292. The van der Waals surface area contributed by atoms with E-state index in [1.54, 1.807) is 40.7 Å². The quantitative estimate of drug-likeness (QED) is 0.557. The second-order valence-corrected chi connectivity index (χ2v) is 8.95. The molecule has 1 aromatic heterocycles. The van der Waals surface area contributed by atoms with Crippen LogP contribution < -0.4 is 14.8 Å². The summed E-state index contributed by atoms with van der Waals surface area (Å²) >= 11 is 1.48. The normalized spacial score (nSPS) is 19.4. The van der Waals surface area contributed by atoms with E-state index in [2.05, 4.69) is 10.3 Å². The SMILES string of the molecule is Cc1ncsc1CN1C(=O)CO[C@H](c2ccc(NC(=O)c3ccc4c(c3)OCO4)cc2)[C@H]1CO. The van der Waals surface area contributed by atoms with Crippen molar-refractivity contribution in [2.75, 3.05) is 25.3 Å². The van der Waals surface area contributed by atoms with E-state index in [-0.39, 0.29) is 31.8 Å². The number of nitrogens with one attached hydrogen (secondary N) is 1. The molecular weight excluding hydrogens is 458 g/mol. The average molecular weight is 482 g/mol. The van der Waals surface area contributed by atoms with Gasteiger partial charge in [-0.3, -0.25) is 9.59 Å². The number of benzene rings is 2. The van der Waals surface area contributed by atoms with Crippen molar-refractivity contribution in [1.29, 1.82) is 0 Å². The first-order chi connectivity index (χ1) is 16.5. The van der Waals surface area contributed by atoms with Crippen LogP contribution in [-0.4, -0.2) is 52.9 Å². The third-order valence-electron chi connectivity index (χ3n) is 5.93. The molecule has 5 rings (SSSR count). The number of carbonyl (C=O) groups is 2. The van der Waals surface area contributed by atoms with Gasteiger partial charge in [0.2, 0.25) is 12.7 Å². The lowest BCUT2D eigenvalue weighted by atomic mass is 9.99. The molecule has 0 radical (unpaired) electrons. The summed E-state index contributed by atoms with van der Waals surface area (Å²) in [6, 6.07) is 11.7. The van der Waals surface area contributed by atoms with E-state index >= 15 is 0 Å². The number of aliphatic hydroxyl groups excluding tert-OH is 1. The first-order valence-corrected chi connectivity index (χ1v) is 11.6. The second-order valence-electron chi connectivity index (χ2n) is 8.01. The van der Waals surface area contributed by atoms with Crippen molar-refractivity contribution < 1.29 is 28.9 Å². The summed E-state index contributed by atoms with van der Waals surface area (Å²) in [6.07, 6.45) is -0.491. The van der Waals surface area contributed by atoms with Gasteiger partial charge in [0.1, 0.15) is 12.7 Å². The Hall–Kier alpha value is -3.47. The molecule has 2 atom stereocenters. The highest BCUT2D eigenvalue weighted by Gasteiger charge is 2.37. The van der Waals surface area contributed by atoms with Crippen LogP contribution in [0.3, 0.4) is 0 Å². The molecule has 3 aromatic rings. The number of hydrogen-bond acceptors (Lipinski definition) is 8. The molecular formula is C24H23N3O6S. The number of nitrogens with zero attached hydrogens (tertiary/aromatic N) is 2. The van der Waals surface area contributed by atoms with Gasteiger partial charge in [-0.1, -0.05) is 12.1 Å². The van der Waals surface area contributed by atoms with Crippen LogP contribution in [0.15, 0.2) is 48.0 Å². The predicted molar refractivity (Wildman–Crippen MR) is 124 cm³/mol. The van der Waals surface area contributed by atoms with Gasteiger partial charge in [-0.15, -0.1) is 11.3 Å². The number of amides is 2. The Morgan fingerprint density at radius 3 is 2.74 bits per heavy atom. The van der Waals surface area contributed by atoms with Gasteiger partial charge in [0, 0.05) is 16.1 Å². The molecule has 0 bridgehead atoms. The van der Waals surface area contributed by atoms with Crippen molar-refractivity contribution >= 4 is 28.8 Å². The Kier molecular flexibility index (Phi) is 6.18. The maximum atomic E-state index is 12.6. The largest absolute Gasteiger partial charge is 0.454 e. The number of carbonyl (C=O) groups excluding carboxylic acids is 2. The van der Waals surface area contributed by atoms with Crippen LogP contribution in [0, 0.1) is 6.92 Å². The number of aryl methyl sites for hydroxylation is 1. The molecule has 2 amide bonds. The molecule has 9 nitrogen and oxygen atoms in total. The zero-order valence-corrected chi connectivity index (χ0v) is 19.2. The molecule has 10 heteroatoms. The zero-order valence-electron chi connectivity index (χ0n) is 18.4. The fourth-order valence-corrected chi connectivity index (χ4v) is 4.83. The smallest absolute Gasteiger partial charge is 0.255 e. The van der Waals surface area contributed by atoms with Crippen LogP contribution in [0.5, 0.6) is 11.5 Å². The number of morpholine rings is 1. The molecule has 1 fully saturated rings. The number of hydrogen-bond donors (Lipinski definition) is 2. The Morgan fingerprint density at radius 1 is 1.21 bits per heavy atom. The minimum absolute atomic E-state index is 0.0678. The van der Waals surface area contributed by atoms with E-state index in [0.29, 0.717) is 29.3 Å². The lowest BCUT2D eigenvalue weighted by molar-refractivity contribution is -0.161. The summed E-state index contributed by atoms with van der Waals surface area (Å²) < 4.78 is 16.4. The number of thiazole rings is 1. The number of aromatic nitrogens is 1. The third-order valence-corrected chi connectivity index (χ3v) is 6.85. The highest BCUT2D eigenvalue weighted by Crippen LogP contribution is 2.34. The van der Waals surface area contributed by atoms with Gasteiger partial charge >= 0.3 is 0 Å². The van der Waals surface area contributed by atoms with E-state index in [0.717, 1.165) is 16.1 Å². The summed E-state index contributed by atoms with van der Waals surface area (Å²) in [5, 5.41) is 13.0. The van der Waals surface area contributed by atoms with Gasteiger partial charge in [0.15, 0.2) is 11.5 Å². The molecule has 0 saturated carbocycles. The van der Waals surface area contributed by atoms with Crippen LogP contribution in [0.2, 0.25) is 0 Å². The number of fused-ring (bicyclic) bond motifs is 1.